The van der Waals surface area contributed by atoms with E-state index >= 15 is 0 Å². The molecule has 3 rings (SSSR count). The Morgan fingerprint density at radius 1 is 1.18 bits per heavy atom. The summed E-state index contributed by atoms with van der Waals surface area (Å²) in [5, 5.41) is 0.374. The Morgan fingerprint density at radius 2 is 1.93 bits per heavy atom. The Bertz CT molecular complexity index is 991. The molecule has 0 bridgehead atoms. The molecule has 0 aliphatic heterocycles. The van der Waals surface area contributed by atoms with Gasteiger partial charge in [0.25, 0.3) is 5.91 Å². The third-order valence-electron chi connectivity index (χ3n) is 4.20. The van der Waals surface area contributed by atoms with Crippen LogP contribution in [0.2, 0.25) is 0 Å². The summed E-state index contributed by atoms with van der Waals surface area (Å²) in [6.07, 6.45) is 2.64. The predicted octanol–water partition coefficient (Wildman–Crippen LogP) is 4.89. The lowest BCUT2D eigenvalue weighted by molar-refractivity contribution is 0.0983. The van der Waals surface area contributed by atoms with E-state index in [9.17, 15) is 13.6 Å². The molecule has 0 unspecified atom stereocenters. The summed E-state index contributed by atoms with van der Waals surface area (Å²) in [4.78, 5) is 22.1. The number of rotatable bonds is 7. The van der Waals surface area contributed by atoms with E-state index in [1.54, 1.807) is 11.0 Å². The molecule has 8 heteroatoms. The minimum absolute atomic E-state index is 0.0879. The van der Waals surface area contributed by atoms with Gasteiger partial charge in [0, 0.05) is 17.5 Å². The second-order valence-electron chi connectivity index (χ2n) is 6.54. The highest BCUT2D eigenvalue weighted by molar-refractivity contribution is 7.98. The standard InChI is InChI=1S/C20H21F2N3OS2/c1-24(2)9-6-10-25(19(26)14-7-4-5-8-16(14)27-3)20-23-18-15(22)11-13(21)12-17(18)28-20/h4-5,7-8,11-12H,6,9-10H2,1-3H3. The number of halogens is 2. The van der Waals surface area contributed by atoms with Crippen LogP contribution in [0.3, 0.4) is 0 Å². The van der Waals surface area contributed by atoms with Crippen LogP contribution < -0.4 is 4.90 Å². The summed E-state index contributed by atoms with van der Waals surface area (Å²) in [5.41, 5.74) is 0.663. The zero-order valence-corrected chi connectivity index (χ0v) is 17.5. The number of thioether (sulfide) groups is 1. The van der Waals surface area contributed by atoms with E-state index in [1.807, 2.05) is 43.5 Å². The number of hydrogen-bond acceptors (Lipinski definition) is 5. The lowest BCUT2D eigenvalue weighted by atomic mass is 10.2. The Kier molecular flexibility index (Phi) is 6.64. The van der Waals surface area contributed by atoms with Crippen LogP contribution in [0.5, 0.6) is 0 Å². The molecular formula is C20H21F2N3OS2. The van der Waals surface area contributed by atoms with Gasteiger partial charge in [-0.3, -0.25) is 9.69 Å². The number of benzene rings is 2. The SMILES string of the molecule is CSc1ccccc1C(=O)N(CCCN(C)C)c1nc2c(F)cc(F)cc2s1. The zero-order chi connectivity index (χ0) is 20.3. The first-order valence-electron chi connectivity index (χ1n) is 8.76. The average molecular weight is 422 g/mol. The molecule has 2 aromatic carbocycles. The zero-order valence-electron chi connectivity index (χ0n) is 15.9. The van der Waals surface area contributed by atoms with Gasteiger partial charge in [0.1, 0.15) is 11.3 Å². The van der Waals surface area contributed by atoms with Crippen molar-refractivity contribution in [2.45, 2.75) is 11.3 Å². The molecule has 0 fully saturated rings. The molecule has 0 aliphatic rings. The first kappa shape index (κ1) is 20.7. The molecule has 0 saturated heterocycles. The number of thiazole rings is 1. The van der Waals surface area contributed by atoms with Crippen LogP contribution in [-0.4, -0.2) is 49.2 Å². The summed E-state index contributed by atoms with van der Waals surface area (Å²) in [5.74, 6) is -1.57. The van der Waals surface area contributed by atoms with E-state index in [2.05, 4.69) is 4.98 Å². The summed E-state index contributed by atoms with van der Waals surface area (Å²) >= 11 is 2.61. The molecule has 4 nitrogen and oxygen atoms in total. The molecular weight excluding hydrogens is 400 g/mol. The van der Waals surface area contributed by atoms with Gasteiger partial charge in [-0.2, -0.15) is 0 Å². The van der Waals surface area contributed by atoms with Crippen LogP contribution in [0.1, 0.15) is 16.8 Å². The molecule has 3 aromatic rings. The number of hydrogen-bond donors (Lipinski definition) is 0. The van der Waals surface area contributed by atoms with Crippen molar-refractivity contribution in [3.05, 3.63) is 53.6 Å². The van der Waals surface area contributed by atoms with Gasteiger partial charge in [0.05, 0.1) is 10.3 Å². The fourth-order valence-corrected chi connectivity index (χ4v) is 4.48. The number of anilines is 1. The first-order valence-corrected chi connectivity index (χ1v) is 10.8. The number of carbonyl (C=O) groups excluding carboxylic acids is 1. The normalized spacial score (nSPS) is 11.4. The van der Waals surface area contributed by atoms with Gasteiger partial charge >= 0.3 is 0 Å². The number of carbonyl (C=O) groups is 1. The predicted molar refractivity (Wildman–Crippen MR) is 113 cm³/mol. The smallest absolute Gasteiger partial charge is 0.261 e. The van der Waals surface area contributed by atoms with E-state index in [0.717, 1.165) is 35.3 Å². The number of fused-ring (bicyclic) bond motifs is 1. The van der Waals surface area contributed by atoms with Crippen LogP contribution in [0.25, 0.3) is 10.2 Å². The number of aromatic nitrogens is 1. The second kappa shape index (κ2) is 8.98. The molecule has 0 saturated carbocycles. The van der Waals surface area contributed by atoms with E-state index < -0.39 is 11.6 Å². The molecule has 0 spiro atoms. The monoisotopic (exact) mass is 421 g/mol. The minimum Gasteiger partial charge on any atom is -0.309 e. The van der Waals surface area contributed by atoms with Gasteiger partial charge in [0.15, 0.2) is 10.9 Å². The Balaban J connectivity index is 2.01. The van der Waals surface area contributed by atoms with E-state index in [0.29, 0.717) is 21.9 Å². The highest BCUT2D eigenvalue weighted by atomic mass is 32.2. The molecule has 0 atom stereocenters. The molecule has 1 aromatic heterocycles. The van der Waals surface area contributed by atoms with Crippen LogP contribution in [0, 0.1) is 11.6 Å². The summed E-state index contributed by atoms with van der Waals surface area (Å²) in [6, 6.07) is 9.43. The van der Waals surface area contributed by atoms with Crippen molar-refractivity contribution >= 4 is 44.4 Å². The third-order valence-corrected chi connectivity index (χ3v) is 6.02. The van der Waals surface area contributed by atoms with Crippen molar-refractivity contribution in [2.24, 2.45) is 0 Å². The molecule has 1 heterocycles. The number of amides is 1. The van der Waals surface area contributed by atoms with Crippen molar-refractivity contribution in [1.29, 1.82) is 0 Å². The molecule has 148 valence electrons. The largest absolute Gasteiger partial charge is 0.309 e. The van der Waals surface area contributed by atoms with Crippen molar-refractivity contribution < 1.29 is 13.6 Å². The summed E-state index contributed by atoms with van der Waals surface area (Å²) in [7, 11) is 3.93. The van der Waals surface area contributed by atoms with Crippen molar-refractivity contribution in [3.63, 3.8) is 0 Å². The van der Waals surface area contributed by atoms with Crippen LogP contribution in [0.15, 0.2) is 41.3 Å². The average Bonchev–Trinajstić information content (AvgIpc) is 3.08. The van der Waals surface area contributed by atoms with Crippen LogP contribution in [0.4, 0.5) is 13.9 Å². The second-order valence-corrected chi connectivity index (χ2v) is 8.40. The van der Waals surface area contributed by atoms with Crippen LogP contribution >= 0.6 is 23.1 Å². The fourth-order valence-electron chi connectivity index (χ4n) is 2.86. The Hall–Kier alpha value is -2.03. The molecule has 0 aliphatic carbocycles. The summed E-state index contributed by atoms with van der Waals surface area (Å²) < 4.78 is 28.1. The third kappa shape index (κ3) is 4.51. The maximum absolute atomic E-state index is 14.1. The van der Waals surface area contributed by atoms with Gasteiger partial charge in [0.2, 0.25) is 0 Å². The molecule has 0 N–H and O–H groups in total. The van der Waals surface area contributed by atoms with Gasteiger partial charge in [-0.05, 0) is 51.5 Å². The minimum atomic E-state index is -0.720. The topological polar surface area (TPSA) is 36.4 Å². The van der Waals surface area contributed by atoms with Crippen molar-refractivity contribution in [2.75, 3.05) is 38.3 Å². The Morgan fingerprint density at radius 3 is 2.64 bits per heavy atom. The van der Waals surface area contributed by atoms with E-state index in [-0.39, 0.29) is 11.4 Å². The highest BCUT2D eigenvalue weighted by Crippen LogP contribution is 2.33. The van der Waals surface area contributed by atoms with E-state index in [4.69, 9.17) is 0 Å². The fraction of sp³-hybridized carbons (Fsp3) is 0.300. The summed E-state index contributed by atoms with van der Waals surface area (Å²) in [6.45, 7) is 1.23. The maximum Gasteiger partial charge on any atom is 0.261 e. The maximum atomic E-state index is 14.1. The lowest BCUT2D eigenvalue weighted by Gasteiger charge is -2.22. The van der Waals surface area contributed by atoms with Crippen LogP contribution in [-0.2, 0) is 0 Å². The van der Waals surface area contributed by atoms with Gasteiger partial charge in [-0.25, -0.2) is 13.8 Å². The Labute approximate surface area is 171 Å². The lowest BCUT2D eigenvalue weighted by Crippen LogP contribution is -2.33. The van der Waals surface area contributed by atoms with Gasteiger partial charge in [-0.1, -0.05) is 23.5 Å². The number of nitrogens with zero attached hydrogens (tertiary/aromatic N) is 3. The van der Waals surface area contributed by atoms with Crippen molar-refractivity contribution in [3.8, 4) is 0 Å². The van der Waals surface area contributed by atoms with Gasteiger partial charge in [-0.15, -0.1) is 11.8 Å². The quantitative estimate of drug-likeness (QED) is 0.509. The molecule has 1 amide bonds. The molecule has 28 heavy (non-hydrogen) atoms. The molecule has 0 radical (unpaired) electrons. The highest BCUT2D eigenvalue weighted by Gasteiger charge is 2.24. The van der Waals surface area contributed by atoms with Crippen molar-refractivity contribution in [1.82, 2.24) is 9.88 Å². The van der Waals surface area contributed by atoms with E-state index in [1.165, 1.54) is 17.8 Å². The first-order chi connectivity index (χ1) is 13.4. The van der Waals surface area contributed by atoms with Gasteiger partial charge < -0.3 is 4.90 Å².